The molecule has 2 atom stereocenters. The third-order valence-corrected chi connectivity index (χ3v) is 2.57. The van der Waals surface area contributed by atoms with Crippen LogP contribution in [0.2, 0.25) is 0 Å². The van der Waals surface area contributed by atoms with Gasteiger partial charge < -0.3 is 25.4 Å². The molecule has 0 aliphatic rings. The zero-order valence-electron chi connectivity index (χ0n) is 11.6. The van der Waals surface area contributed by atoms with Crippen LogP contribution in [-0.4, -0.2) is 52.0 Å². The van der Waals surface area contributed by atoms with Crippen LogP contribution >= 0.6 is 0 Å². The molecule has 21 heavy (non-hydrogen) atoms. The second-order valence-corrected chi connectivity index (χ2v) is 4.58. The number of carbonyl (C=O) groups excluding carboxylic acids is 1. The molecule has 0 spiro atoms. The molecule has 0 heterocycles. The number of aliphatic carboxylic acids is 3. The highest BCUT2D eigenvalue weighted by Gasteiger charge is 2.23. The first-order valence-electron chi connectivity index (χ1n) is 6.33. The van der Waals surface area contributed by atoms with Gasteiger partial charge in [0, 0.05) is 25.8 Å². The zero-order valence-corrected chi connectivity index (χ0v) is 11.6. The van der Waals surface area contributed by atoms with Crippen LogP contribution in [0, 0.1) is 5.92 Å². The second-order valence-electron chi connectivity index (χ2n) is 4.58. The summed E-state index contributed by atoms with van der Waals surface area (Å²) in [4.78, 5) is 42.9. The van der Waals surface area contributed by atoms with Crippen LogP contribution in [0.15, 0.2) is 0 Å². The van der Waals surface area contributed by atoms with Gasteiger partial charge in [0.1, 0.15) is 0 Å². The van der Waals surface area contributed by atoms with Crippen LogP contribution in [-0.2, 0) is 19.1 Å². The topological polar surface area (TPSA) is 150 Å². The number of carbonyl (C=O) groups is 4. The van der Waals surface area contributed by atoms with E-state index in [1.165, 1.54) is 0 Å². The minimum atomic E-state index is -1.53. The van der Waals surface area contributed by atoms with Crippen molar-refractivity contribution in [2.45, 2.75) is 38.7 Å². The largest absolute Gasteiger partial charge is 0.481 e. The molecule has 4 N–H and O–H groups in total. The minimum absolute atomic E-state index is 0.0346. The average Bonchev–Trinajstić information content (AvgIpc) is 2.32. The number of hydrogen-bond donors (Lipinski definition) is 4. The van der Waals surface area contributed by atoms with E-state index < -0.39 is 36.5 Å². The van der Waals surface area contributed by atoms with Crippen molar-refractivity contribution < 1.29 is 39.2 Å². The molecular formula is C12H19NO8. The summed E-state index contributed by atoms with van der Waals surface area (Å²) in [7, 11) is 0. The Balaban J connectivity index is 4.06. The molecule has 120 valence electrons. The van der Waals surface area contributed by atoms with E-state index >= 15 is 0 Å². The van der Waals surface area contributed by atoms with E-state index in [0.717, 1.165) is 0 Å². The lowest BCUT2D eigenvalue weighted by atomic mass is 10.0. The Morgan fingerprint density at radius 1 is 1.05 bits per heavy atom. The van der Waals surface area contributed by atoms with Crippen molar-refractivity contribution in [3.05, 3.63) is 0 Å². The predicted octanol–water partition coefficient (Wildman–Crippen LogP) is 0.532. The monoisotopic (exact) mass is 305 g/mol. The first-order chi connectivity index (χ1) is 9.72. The van der Waals surface area contributed by atoms with E-state index in [1.54, 1.807) is 6.92 Å². The molecule has 9 heteroatoms. The molecule has 0 aliphatic heterocycles. The van der Waals surface area contributed by atoms with Gasteiger partial charge in [-0.2, -0.15) is 0 Å². The zero-order chi connectivity index (χ0) is 16.4. The van der Waals surface area contributed by atoms with Crippen molar-refractivity contribution in [2.24, 2.45) is 5.92 Å². The summed E-state index contributed by atoms with van der Waals surface area (Å²) in [6.45, 7) is 1.84. The number of carboxylic acids is 3. The maximum atomic E-state index is 11.3. The highest BCUT2D eigenvalue weighted by atomic mass is 16.6. The predicted molar refractivity (Wildman–Crippen MR) is 68.8 cm³/mol. The fourth-order valence-electron chi connectivity index (χ4n) is 1.48. The van der Waals surface area contributed by atoms with Crippen LogP contribution < -0.4 is 5.32 Å². The molecule has 0 saturated heterocycles. The van der Waals surface area contributed by atoms with Crippen molar-refractivity contribution in [2.75, 3.05) is 6.54 Å². The molecule has 0 aromatic carbocycles. The summed E-state index contributed by atoms with van der Waals surface area (Å²) < 4.78 is 4.60. The van der Waals surface area contributed by atoms with E-state index in [9.17, 15) is 19.2 Å². The molecule has 0 rings (SSSR count). The molecule has 0 aromatic heterocycles. The van der Waals surface area contributed by atoms with Crippen molar-refractivity contribution in [1.29, 1.82) is 0 Å². The smallest absolute Gasteiger partial charge is 0.407 e. The Morgan fingerprint density at radius 2 is 1.67 bits per heavy atom. The van der Waals surface area contributed by atoms with Crippen molar-refractivity contribution in [1.82, 2.24) is 5.32 Å². The lowest BCUT2D eigenvalue weighted by molar-refractivity contribution is -0.148. The number of carboxylic acid groups (broad SMARTS) is 3. The normalized spacial score (nSPS) is 13.0. The van der Waals surface area contributed by atoms with Crippen LogP contribution in [0.3, 0.4) is 0 Å². The van der Waals surface area contributed by atoms with Gasteiger partial charge in [-0.15, -0.1) is 0 Å². The third-order valence-electron chi connectivity index (χ3n) is 2.57. The van der Waals surface area contributed by atoms with E-state index in [2.05, 4.69) is 10.1 Å². The van der Waals surface area contributed by atoms with Crippen molar-refractivity contribution >= 4 is 24.0 Å². The van der Waals surface area contributed by atoms with Crippen LogP contribution in [0.5, 0.6) is 0 Å². The van der Waals surface area contributed by atoms with E-state index in [4.69, 9.17) is 15.3 Å². The minimum Gasteiger partial charge on any atom is -0.481 e. The molecule has 0 unspecified atom stereocenters. The number of hydrogen-bond acceptors (Lipinski definition) is 5. The van der Waals surface area contributed by atoms with Crippen molar-refractivity contribution in [3.63, 3.8) is 0 Å². The van der Waals surface area contributed by atoms with Crippen LogP contribution in [0.4, 0.5) is 4.79 Å². The molecule has 0 radical (unpaired) electrons. The van der Waals surface area contributed by atoms with Gasteiger partial charge in [-0.05, 0) is 12.3 Å². The molecule has 0 fully saturated rings. The van der Waals surface area contributed by atoms with E-state index in [0.29, 0.717) is 6.42 Å². The van der Waals surface area contributed by atoms with Gasteiger partial charge in [0.25, 0.3) is 0 Å². The van der Waals surface area contributed by atoms with E-state index in [1.807, 2.05) is 0 Å². The van der Waals surface area contributed by atoms with Crippen molar-refractivity contribution in [3.8, 4) is 0 Å². The Morgan fingerprint density at radius 3 is 2.14 bits per heavy atom. The Hall–Kier alpha value is -2.32. The number of alkyl carbamates (subject to hydrolysis) is 1. The van der Waals surface area contributed by atoms with Gasteiger partial charge in [0.15, 0.2) is 0 Å². The third kappa shape index (κ3) is 10.2. The summed E-state index contributed by atoms with van der Waals surface area (Å²) in [6, 6.07) is 0. The standard InChI is InChI=1S/C12H19NO8/c1-7(6-10(16)17)4-5-13-12(20)21-8(11(18)19)2-3-9(14)15/h7-8H,2-6H2,1H3,(H,13,20)(H,14,15)(H,16,17)(H,18,19)/t7-,8-/m0/s1. The van der Waals surface area contributed by atoms with E-state index in [-0.39, 0.29) is 25.3 Å². The SMILES string of the molecule is C[C@@H](CCNC(=O)O[C@@H](CCC(=O)O)C(=O)O)CC(=O)O. The lowest BCUT2D eigenvalue weighted by Gasteiger charge is -2.14. The van der Waals surface area contributed by atoms with Gasteiger partial charge in [-0.25, -0.2) is 9.59 Å². The molecular weight excluding hydrogens is 286 g/mol. The highest BCUT2D eigenvalue weighted by Crippen LogP contribution is 2.07. The fraction of sp³-hybridized carbons (Fsp3) is 0.667. The highest BCUT2D eigenvalue weighted by molar-refractivity contribution is 5.78. The summed E-state index contributed by atoms with van der Waals surface area (Å²) in [5, 5.41) is 28.1. The first kappa shape index (κ1) is 18.7. The number of ether oxygens (including phenoxy) is 1. The molecule has 1 amide bonds. The molecule has 0 aliphatic carbocycles. The number of nitrogens with one attached hydrogen (secondary N) is 1. The number of amides is 1. The quantitative estimate of drug-likeness (QED) is 0.456. The molecule has 0 aromatic rings. The van der Waals surface area contributed by atoms with Gasteiger partial charge >= 0.3 is 24.0 Å². The number of rotatable bonds is 10. The molecule has 0 bridgehead atoms. The maximum Gasteiger partial charge on any atom is 0.407 e. The summed E-state index contributed by atoms with van der Waals surface area (Å²) in [5.41, 5.74) is 0. The lowest BCUT2D eigenvalue weighted by Crippen LogP contribution is -2.34. The Labute approximate surface area is 120 Å². The molecule has 9 nitrogen and oxygen atoms in total. The van der Waals surface area contributed by atoms with Gasteiger partial charge in [-0.1, -0.05) is 6.92 Å². The van der Waals surface area contributed by atoms with Gasteiger partial charge in [-0.3, -0.25) is 9.59 Å². The summed E-state index contributed by atoms with van der Waals surface area (Å²) >= 11 is 0. The van der Waals surface area contributed by atoms with Crippen LogP contribution in [0.1, 0.15) is 32.6 Å². The summed E-state index contributed by atoms with van der Waals surface area (Å²) in [5.74, 6) is -3.70. The Kier molecular flexibility index (Phi) is 8.51. The average molecular weight is 305 g/mol. The molecule has 0 saturated carbocycles. The summed E-state index contributed by atoms with van der Waals surface area (Å²) in [6.07, 6.45) is -2.90. The van der Waals surface area contributed by atoms with Gasteiger partial charge in [0.05, 0.1) is 0 Å². The second kappa shape index (κ2) is 9.56. The Bertz CT molecular complexity index is 395. The fourth-order valence-corrected chi connectivity index (χ4v) is 1.48. The maximum absolute atomic E-state index is 11.3. The van der Waals surface area contributed by atoms with Crippen LogP contribution in [0.25, 0.3) is 0 Å². The van der Waals surface area contributed by atoms with Gasteiger partial charge in [0.2, 0.25) is 6.10 Å². The first-order valence-corrected chi connectivity index (χ1v) is 6.33.